The number of aromatic nitrogens is 1. The summed E-state index contributed by atoms with van der Waals surface area (Å²) in [5.74, 6) is 0.757. The fourth-order valence-corrected chi connectivity index (χ4v) is 1.49. The second kappa shape index (κ2) is 8.07. The van der Waals surface area contributed by atoms with Crippen LogP contribution < -0.4 is 10.6 Å². The van der Waals surface area contributed by atoms with Crippen LogP contribution in [0, 0.1) is 0 Å². The van der Waals surface area contributed by atoms with Crippen molar-refractivity contribution < 1.29 is 4.74 Å². The van der Waals surface area contributed by atoms with E-state index in [1.165, 1.54) is 0 Å². The summed E-state index contributed by atoms with van der Waals surface area (Å²) in [6, 6.07) is 3.68. The molecule has 0 aliphatic heterocycles. The number of pyridine rings is 1. The molecule has 2 N–H and O–H groups in total. The SMILES string of the molecule is CCNC(=NCc1ccc(Cl)nc1)NCC(C)(C)OC. The zero-order chi connectivity index (χ0) is 15.0. The monoisotopic (exact) mass is 298 g/mol. The molecule has 5 nitrogen and oxygen atoms in total. The number of aliphatic imine (C=N–C) groups is 1. The van der Waals surface area contributed by atoms with Crippen LogP contribution in [0.2, 0.25) is 5.15 Å². The molecule has 1 aromatic rings. The van der Waals surface area contributed by atoms with Crippen LogP contribution in [0.3, 0.4) is 0 Å². The van der Waals surface area contributed by atoms with Crippen LogP contribution >= 0.6 is 11.6 Å². The average Bonchev–Trinajstić information content (AvgIpc) is 2.44. The molecule has 0 unspecified atom stereocenters. The maximum Gasteiger partial charge on any atom is 0.191 e. The second-order valence-corrected chi connectivity index (χ2v) is 5.39. The lowest BCUT2D eigenvalue weighted by atomic mass is 10.1. The van der Waals surface area contributed by atoms with Gasteiger partial charge in [0, 0.05) is 26.4 Å². The first-order valence-electron chi connectivity index (χ1n) is 6.64. The number of nitrogens with zero attached hydrogens (tertiary/aromatic N) is 2. The van der Waals surface area contributed by atoms with E-state index in [-0.39, 0.29) is 5.60 Å². The minimum Gasteiger partial charge on any atom is -0.377 e. The number of methoxy groups -OCH3 is 1. The highest BCUT2D eigenvalue weighted by Crippen LogP contribution is 2.07. The Morgan fingerprint density at radius 1 is 1.40 bits per heavy atom. The van der Waals surface area contributed by atoms with Crippen LogP contribution in [-0.2, 0) is 11.3 Å². The number of guanidine groups is 1. The highest BCUT2D eigenvalue weighted by molar-refractivity contribution is 6.29. The van der Waals surface area contributed by atoms with Crippen molar-refractivity contribution in [2.24, 2.45) is 4.99 Å². The molecule has 0 aliphatic carbocycles. The van der Waals surface area contributed by atoms with E-state index >= 15 is 0 Å². The Hall–Kier alpha value is -1.33. The van der Waals surface area contributed by atoms with Gasteiger partial charge < -0.3 is 15.4 Å². The number of hydrogen-bond acceptors (Lipinski definition) is 3. The molecule has 0 atom stereocenters. The van der Waals surface area contributed by atoms with Gasteiger partial charge in [0.15, 0.2) is 5.96 Å². The molecule has 112 valence electrons. The summed E-state index contributed by atoms with van der Waals surface area (Å²) in [6.07, 6.45) is 1.73. The number of nitrogens with one attached hydrogen (secondary N) is 2. The van der Waals surface area contributed by atoms with Crippen molar-refractivity contribution in [2.75, 3.05) is 20.2 Å². The molecule has 0 radical (unpaired) electrons. The van der Waals surface area contributed by atoms with Crippen molar-refractivity contribution in [3.8, 4) is 0 Å². The summed E-state index contributed by atoms with van der Waals surface area (Å²) in [5, 5.41) is 6.95. The van der Waals surface area contributed by atoms with Crippen LogP contribution in [0.5, 0.6) is 0 Å². The van der Waals surface area contributed by atoms with Crippen molar-refractivity contribution in [3.63, 3.8) is 0 Å². The quantitative estimate of drug-likeness (QED) is 0.480. The molecule has 0 saturated carbocycles. The van der Waals surface area contributed by atoms with Crippen LogP contribution in [-0.4, -0.2) is 36.7 Å². The summed E-state index contributed by atoms with van der Waals surface area (Å²) in [4.78, 5) is 8.54. The van der Waals surface area contributed by atoms with Crippen LogP contribution in [0.15, 0.2) is 23.3 Å². The van der Waals surface area contributed by atoms with E-state index in [9.17, 15) is 0 Å². The highest BCUT2D eigenvalue weighted by Gasteiger charge is 2.16. The van der Waals surface area contributed by atoms with E-state index in [4.69, 9.17) is 16.3 Å². The first kappa shape index (κ1) is 16.7. The lowest BCUT2D eigenvalue weighted by molar-refractivity contribution is 0.0268. The number of halogens is 1. The highest BCUT2D eigenvalue weighted by atomic mass is 35.5. The molecule has 1 aromatic heterocycles. The Labute approximate surface area is 125 Å². The van der Waals surface area contributed by atoms with E-state index in [0.717, 1.165) is 18.1 Å². The summed E-state index contributed by atoms with van der Waals surface area (Å²) in [7, 11) is 1.70. The minimum absolute atomic E-state index is 0.238. The molecule has 0 saturated heterocycles. The maximum atomic E-state index is 5.75. The smallest absolute Gasteiger partial charge is 0.191 e. The van der Waals surface area contributed by atoms with Gasteiger partial charge in [-0.3, -0.25) is 0 Å². The zero-order valence-corrected chi connectivity index (χ0v) is 13.3. The van der Waals surface area contributed by atoms with E-state index < -0.39 is 0 Å². The molecule has 20 heavy (non-hydrogen) atoms. The van der Waals surface area contributed by atoms with Gasteiger partial charge in [-0.25, -0.2) is 9.98 Å². The van der Waals surface area contributed by atoms with Crippen LogP contribution in [0.4, 0.5) is 0 Å². The lowest BCUT2D eigenvalue weighted by Gasteiger charge is -2.24. The first-order chi connectivity index (χ1) is 9.46. The second-order valence-electron chi connectivity index (χ2n) is 5.00. The predicted molar refractivity (Wildman–Crippen MR) is 83.2 cm³/mol. The van der Waals surface area contributed by atoms with E-state index in [0.29, 0.717) is 18.2 Å². The molecule has 0 bridgehead atoms. The molecule has 0 aromatic carbocycles. The molecular weight excluding hydrogens is 276 g/mol. The van der Waals surface area contributed by atoms with Gasteiger partial charge in [0.05, 0.1) is 12.1 Å². The molecule has 0 fully saturated rings. The van der Waals surface area contributed by atoms with E-state index in [2.05, 4.69) is 20.6 Å². The molecule has 6 heteroatoms. The Kier molecular flexibility index (Phi) is 6.75. The van der Waals surface area contributed by atoms with Gasteiger partial charge in [-0.2, -0.15) is 0 Å². The maximum absolute atomic E-state index is 5.75. The standard InChI is InChI=1S/C14H23ClN4O/c1-5-16-13(19-10-14(2,3)20-4)18-9-11-6-7-12(15)17-8-11/h6-8H,5,9-10H2,1-4H3,(H2,16,18,19). The molecule has 1 rings (SSSR count). The number of ether oxygens (including phenoxy) is 1. The van der Waals surface area contributed by atoms with Gasteiger partial charge in [-0.1, -0.05) is 17.7 Å². The summed E-state index contributed by atoms with van der Waals surface area (Å²) in [6.45, 7) is 8.10. The topological polar surface area (TPSA) is 58.5 Å². The Balaban J connectivity index is 2.60. The largest absolute Gasteiger partial charge is 0.377 e. The minimum atomic E-state index is -0.238. The van der Waals surface area contributed by atoms with Crippen molar-refractivity contribution in [1.82, 2.24) is 15.6 Å². The average molecular weight is 299 g/mol. The first-order valence-corrected chi connectivity index (χ1v) is 7.02. The van der Waals surface area contributed by atoms with Crippen molar-refractivity contribution >= 4 is 17.6 Å². The molecule has 0 amide bonds. The Bertz CT molecular complexity index is 431. The van der Waals surface area contributed by atoms with Gasteiger partial charge >= 0.3 is 0 Å². The van der Waals surface area contributed by atoms with Crippen LogP contribution in [0.1, 0.15) is 26.3 Å². The third kappa shape index (κ3) is 6.21. The summed E-state index contributed by atoms with van der Waals surface area (Å²) in [5.41, 5.74) is 0.774. The lowest BCUT2D eigenvalue weighted by Crippen LogP contribution is -2.45. The Morgan fingerprint density at radius 3 is 2.70 bits per heavy atom. The van der Waals surface area contributed by atoms with Gasteiger partial charge in [0.1, 0.15) is 5.15 Å². The zero-order valence-electron chi connectivity index (χ0n) is 12.5. The fourth-order valence-electron chi connectivity index (χ4n) is 1.38. The van der Waals surface area contributed by atoms with Gasteiger partial charge in [0.2, 0.25) is 0 Å². The fraction of sp³-hybridized carbons (Fsp3) is 0.571. The van der Waals surface area contributed by atoms with Gasteiger partial charge in [-0.05, 0) is 32.4 Å². The van der Waals surface area contributed by atoms with Gasteiger partial charge in [-0.15, -0.1) is 0 Å². The van der Waals surface area contributed by atoms with Crippen molar-refractivity contribution in [1.29, 1.82) is 0 Å². The number of rotatable bonds is 6. The molecule has 1 heterocycles. The summed E-state index contributed by atoms with van der Waals surface area (Å²) >= 11 is 5.75. The van der Waals surface area contributed by atoms with Crippen molar-refractivity contribution in [2.45, 2.75) is 32.9 Å². The Morgan fingerprint density at radius 2 is 2.15 bits per heavy atom. The van der Waals surface area contributed by atoms with Gasteiger partial charge in [0.25, 0.3) is 0 Å². The molecular formula is C14H23ClN4O. The third-order valence-corrected chi connectivity index (χ3v) is 3.01. The van der Waals surface area contributed by atoms with E-state index in [1.807, 2.05) is 26.8 Å². The summed E-state index contributed by atoms with van der Waals surface area (Å²) < 4.78 is 5.37. The third-order valence-electron chi connectivity index (χ3n) is 2.79. The normalized spacial score (nSPS) is 12.3. The molecule has 0 aliphatic rings. The number of hydrogen-bond donors (Lipinski definition) is 2. The molecule has 0 spiro atoms. The predicted octanol–water partition coefficient (Wildman–Crippen LogP) is 2.22. The van der Waals surface area contributed by atoms with E-state index in [1.54, 1.807) is 19.4 Å². The van der Waals surface area contributed by atoms with Crippen molar-refractivity contribution in [3.05, 3.63) is 29.0 Å². The van der Waals surface area contributed by atoms with Crippen LogP contribution in [0.25, 0.3) is 0 Å².